The van der Waals surface area contributed by atoms with E-state index in [2.05, 4.69) is 43.6 Å². The van der Waals surface area contributed by atoms with E-state index in [-0.39, 0.29) is 21.7 Å². The fraction of sp³-hybridized carbons (Fsp3) is 1.00. The molecule has 1 saturated carbocycles. The standard InChI is InChI=1S/C13H27P.2C3H7O.CH5P.Ti/c1-10(2)13(11(3)4)8-6-7-12(9-13)14-5;2*1-3(2)4;1-2;/h10-12,14H,6-9H2,1-5H3;2*3H,1-2H3;2H2,1H3;/q;2*-1;;+2. The zero-order valence-corrected chi connectivity index (χ0v) is 22.3. The quantitative estimate of drug-likeness (QED) is 0.490. The van der Waals surface area contributed by atoms with Crippen molar-refractivity contribution in [2.45, 2.75) is 98.9 Å². The van der Waals surface area contributed by atoms with Crippen LogP contribution in [0.2, 0.25) is 0 Å². The Morgan fingerprint density at radius 3 is 1.44 bits per heavy atom. The molecule has 0 bridgehead atoms. The molecule has 2 nitrogen and oxygen atoms in total. The van der Waals surface area contributed by atoms with E-state index < -0.39 is 12.2 Å². The minimum atomic E-state index is -0.417. The fourth-order valence-corrected chi connectivity index (χ4v) is 4.38. The summed E-state index contributed by atoms with van der Waals surface area (Å²) in [5.74, 6) is 1.73. The topological polar surface area (TPSA) is 46.1 Å². The largest absolute Gasteiger partial charge is 2.00 e. The molecule has 0 amide bonds. The second-order valence-corrected chi connectivity index (χ2v) is 9.12. The van der Waals surface area contributed by atoms with Crippen molar-refractivity contribution in [1.82, 2.24) is 0 Å². The summed E-state index contributed by atoms with van der Waals surface area (Å²) in [5.41, 5.74) is 1.69. The summed E-state index contributed by atoms with van der Waals surface area (Å²) in [6.45, 7) is 20.5. The first kappa shape index (κ1) is 34.0. The molecule has 1 aliphatic carbocycles. The van der Waals surface area contributed by atoms with Crippen LogP contribution in [0.5, 0.6) is 0 Å². The molecular weight excluding hydrogens is 382 g/mol. The first-order valence-corrected chi connectivity index (χ1v) is 12.3. The van der Waals surface area contributed by atoms with Crippen LogP contribution in [0.4, 0.5) is 0 Å². The minimum Gasteiger partial charge on any atom is -0.852 e. The third-order valence-corrected chi connectivity index (χ3v) is 5.84. The van der Waals surface area contributed by atoms with Gasteiger partial charge in [0.1, 0.15) is 0 Å². The zero-order chi connectivity index (χ0) is 19.9. The Hall–Kier alpha value is 1.49. The van der Waals surface area contributed by atoms with Crippen LogP contribution in [0.25, 0.3) is 0 Å². The minimum absolute atomic E-state index is 0. The van der Waals surface area contributed by atoms with E-state index in [9.17, 15) is 10.2 Å². The van der Waals surface area contributed by atoms with Gasteiger partial charge in [-0.3, -0.25) is 0 Å². The van der Waals surface area contributed by atoms with Crippen molar-refractivity contribution in [3.63, 3.8) is 0 Å². The predicted octanol–water partition coefficient (Wildman–Crippen LogP) is 4.53. The molecule has 1 rings (SSSR count). The second-order valence-electron chi connectivity index (χ2n) is 7.72. The molecule has 0 aromatic rings. The smallest absolute Gasteiger partial charge is 0.852 e. The van der Waals surface area contributed by atoms with E-state index >= 15 is 0 Å². The van der Waals surface area contributed by atoms with Crippen LogP contribution in [0.1, 0.15) is 81.1 Å². The van der Waals surface area contributed by atoms with E-state index in [0.717, 1.165) is 26.1 Å². The van der Waals surface area contributed by atoms with Crippen LogP contribution < -0.4 is 10.2 Å². The third-order valence-electron chi connectivity index (χ3n) is 4.53. The molecule has 0 heterocycles. The Bertz CT molecular complexity index is 241. The molecule has 0 saturated heterocycles. The fourth-order valence-electron chi connectivity index (χ4n) is 3.30. The molecule has 0 aliphatic heterocycles. The third kappa shape index (κ3) is 18.6. The Labute approximate surface area is 179 Å². The molecule has 0 N–H and O–H groups in total. The van der Waals surface area contributed by atoms with Crippen LogP contribution >= 0.6 is 17.8 Å². The van der Waals surface area contributed by atoms with Gasteiger partial charge < -0.3 is 10.2 Å². The maximum absolute atomic E-state index is 9.53. The van der Waals surface area contributed by atoms with Gasteiger partial charge in [-0.15, -0.1) is 30.0 Å². The van der Waals surface area contributed by atoms with Gasteiger partial charge in [0, 0.05) is 0 Å². The van der Waals surface area contributed by atoms with Gasteiger partial charge in [0.25, 0.3) is 0 Å². The number of hydrogen-bond acceptors (Lipinski definition) is 2. The van der Waals surface area contributed by atoms with Crippen LogP contribution in [0.3, 0.4) is 0 Å². The summed E-state index contributed by atoms with van der Waals surface area (Å²) in [6.07, 6.45) is 5.11. The number of hydrogen-bond donors (Lipinski definition) is 0. The molecule has 152 valence electrons. The summed E-state index contributed by atoms with van der Waals surface area (Å²) in [6, 6.07) is 0. The first-order chi connectivity index (χ1) is 11.0. The van der Waals surface area contributed by atoms with E-state index in [1.165, 1.54) is 25.7 Å². The average molecular weight is 428 g/mol. The zero-order valence-electron chi connectivity index (χ0n) is 18.6. The molecule has 0 aromatic carbocycles. The Morgan fingerprint density at radius 2 is 1.20 bits per heavy atom. The van der Waals surface area contributed by atoms with Crippen molar-refractivity contribution in [3.8, 4) is 0 Å². The second kappa shape index (κ2) is 20.2. The molecule has 3 unspecified atom stereocenters. The summed E-state index contributed by atoms with van der Waals surface area (Å²) in [7, 11) is 3.58. The van der Waals surface area contributed by atoms with Crippen molar-refractivity contribution >= 4 is 17.8 Å². The van der Waals surface area contributed by atoms with Gasteiger partial charge in [0.05, 0.1) is 0 Å². The van der Waals surface area contributed by atoms with E-state index in [1.54, 1.807) is 27.7 Å². The van der Waals surface area contributed by atoms with Crippen molar-refractivity contribution in [3.05, 3.63) is 0 Å². The van der Waals surface area contributed by atoms with Crippen LogP contribution in [-0.2, 0) is 21.7 Å². The van der Waals surface area contributed by atoms with Gasteiger partial charge in [0.2, 0.25) is 0 Å². The van der Waals surface area contributed by atoms with Crippen molar-refractivity contribution < 1.29 is 31.9 Å². The Morgan fingerprint density at radius 1 is 0.880 bits per heavy atom. The van der Waals surface area contributed by atoms with Gasteiger partial charge in [-0.05, 0) is 48.8 Å². The summed E-state index contributed by atoms with van der Waals surface area (Å²) < 4.78 is 0. The van der Waals surface area contributed by atoms with Crippen LogP contribution in [-0.4, -0.2) is 31.2 Å². The number of rotatable bonds is 3. The van der Waals surface area contributed by atoms with E-state index in [4.69, 9.17) is 0 Å². The average Bonchev–Trinajstić information content (AvgIpc) is 2.47. The molecule has 5 heteroatoms. The van der Waals surface area contributed by atoms with Crippen LogP contribution in [0, 0.1) is 17.3 Å². The van der Waals surface area contributed by atoms with Crippen molar-refractivity contribution in [2.75, 3.05) is 13.3 Å². The predicted molar refractivity (Wildman–Crippen MR) is 115 cm³/mol. The maximum Gasteiger partial charge on any atom is 2.00 e. The van der Waals surface area contributed by atoms with Gasteiger partial charge in [-0.25, -0.2) is 0 Å². The molecule has 0 aromatic heterocycles. The Kier molecular flexibility index (Phi) is 27.5. The molecule has 3 atom stereocenters. The van der Waals surface area contributed by atoms with Gasteiger partial charge in [-0.2, -0.15) is 0 Å². The van der Waals surface area contributed by atoms with Crippen LogP contribution in [0.15, 0.2) is 0 Å². The summed E-state index contributed by atoms with van der Waals surface area (Å²) >= 11 is 0. The SMILES string of the molecule is CC(C)[O-].CC(C)[O-].CP.CPC1CCCC(C(C)C)(C(C)C)C1.[Ti+2]. The van der Waals surface area contributed by atoms with Crippen molar-refractivity contribution in [1.29, 1.82) is 0 Å². The summed E-state index contributed by atoms with van der Waals surface area (Å²) in [5, 5.41) is 19.1. The monoisotopic (exact) mass is 428 g/mol. The molecule has 25 heavy (non-hydrogen) atoms. The van der Waals surface area contributed by atoms with Crippen molar-refractivity contribution in [2.24, 2.45) is 17.3 Å². The molecule has 1 aliphatic rings. The normalized spacial score (nSPS) is 18.8. The Balaban J connectivity index is -0.000000168. The molecule has 1 fully saturated rings. The van der Waals surface area contributed by atoms with E-state index in [0.29, 0.717) is 5.41 Å². The van der Waals surface area contributed by atoms with Gasteiger partial charge in [0.15, 0.2) is 0 Å². The molecular formula is C20H46O2P2Ti. The van der Waals surface area contributed by atoms with E-state index in [1.807, 2.05) is 6.66 Å². The van der Waals surface area contributed by atoms with Gasteiger partial charge in [-0.1, -0.05) is 68.5 Å². The first-order valence-electron chi connectivity index (χ1n) is 9.56. The maximum atomic E-state index is 9.53. The summed E-state index contributed by atoms with van der Waals surface area (Å²) in [4.78, 5) is 0. The van der Waals surface area contributed by atoms with Gasteiger partial charge >= 0.3 is 21.7 Å². The molecule has 0 spiro atoms. The molecule has 0 radical (unpaired) electrons.